The highest BCUT2D eigenvalue weighted by atomic mass is 16.6. The van der Waals surface area contributed by atoms with Crippen LogP contribution in [0.4, 0.5) is 0 Å². The fourth-order valence-electron chi connectivity index (χ4n) is 6.41. The maximum atomic E-state index is 12.7. The van der Waals surface area contributed by atoms with Gasteiger partial charge in [0.25, 0.3) is 0 Å². The molecule has 1 fully saturated rings. The molecule has 0 unspecified atom stereocenters. The number of aliphatic carboxylic acids is 1. The highest BCUT2D eigenvalue weighted by Gasteiger charge is 2.71. The second-order valence-corrected chi connectivity index (χ2v) is 10.1. The van der Waals surface area contributed by atoms with E-state index in [1.165, 1.54) is 0 Å². The number of carbonyl (C=O) groups excluding carboxylic acids is 2. The Balaban J connectivity index is 1.44. The van der Waals surface area contributed by atoms with Crippen LogP contribution in [0.5, 0.6) is 11.5 Å². The fraction of sp³-hybridized carbons (Fsp3) is 0.560. The number of likely N-dealkylation sites (N-methyl/N-ethyl adjacent to an activating group) is 1. The van der Waals surface area contributed by atoms with Crippen LogP contribution in [-0.4, -0.2) is 86.8 Å². The van der Waals surface area contributed by atoms with Gasteiger partial charge in [-0.15, -0.1) is 0 Å². The molecule has 4 N–H and O–H groups in total. The summed E-state index contributed by atoms with van der Waals surface area (Å²) in [6.07, 6.45) is -1.42. The molecule has 2 bridgehead atoms. The van der Waals surface area contributed by atoms with Crippen LogP contribution >= 0.6 is 0 Å². The number of phenols is 1. The van der Waals surface area contributed by atoms with Gasteiger partial charge in [-0.25, -0.2) is 9.59 Å². The van der Waals surface area contributed by atoms with Gasteiger partial charge >= 0.3 is 17.9 Å². The van der Waals surface area contributed by atoms with E-state index in [1.807, 2.05) is 13.1 Å². The molecule has 1 aromatic carbocycles. The largest absolute Gasteiger partial charge is 0.504 e. The van der Waals surface area contributed by atoms with Gasteiger partial charge in [0, 0.05) is 18.0 Å². The van der Waals surface area contributed by atoms with Crippen molar-refractivity contribution in [3.8, 4) is 11.5 Å². The summed E-state index contributed by atoms with van der Waals surface area (Å²) in [5, 5.41) is 41.7. The molecule has 1 aromatic rings. The van der Waals surface area contributed by atoms with E-state index in [1.54, 1.807) is 12.1 Å². The van der Waals surface area contributed by atoms with Crippen LogP contribution in [0.1, 0.15) is 43.7 Å². The number of likely N-dealkylation sites (tertiary alicyclic amines) is 1. The Morgan fingerprint density at radius 3 is 2.78 bits per heavy atom. The maximum absolute atomic E-state index is 12.7. The highest BCUT2D eigenvalue weighted by molar-refractivity contribution is 5.84. The summed E-state index contributed by atoms with van der Waals surface area (Å²) in [5.74, 6) is -3.25. The van der Waals surface area contributed by atoms with Crippen molar-refractivity contribution in [1.29, 1.82) is 0 Å². The summed E-state index contributed by atoms with van der Waals surface area (Å²) < 4.78 is 16.4. The minimum Gasteiger partial charge on any atom is -0.504 e. The van der Waals surface area contributed by atoms with Crippen molar-refractivity contribution >= 4 is 17.9 Å². The number of carboxylic acids is 1. The molecule has 1 spiro atoms. The Kier molecular flexibility index (Phi) is 5.77. The second kappa shape index (κ2) is 8.46. The molecule has 11 nitrogen and oxygen atoms in total. The van der Waals surface area contributed by atoms with E-state index in [2.05, 4.69) is 9.64 Å². The molecular formula is C25H29NO10. The number of hydrogen-bond donors (Lipinski definition) is 4. The molecule has 2 aliphatic carbocycles. The lowest BCUT2D eigenvalue weighted by atomic mass is 9.52. The van der Waals surface area contributed by atoms with Gasteiger partial charge < -0.3 is 39.5 Å². The third-order valence-electron chi connectivity index (χ3n) is 8.08. The van der Waals surface area contributed by atoms with E-state index in [0.717, 1.165) is 31.0 Å². The number of esters is 2. The molecule has 0 aromatic heterocycles. The van der Waals surface area contributed by atoms with Crippen LogP contribution in [0.15, 0.2) is 24.0 Å². The number of aliphatic hydroxyl groups is 2. The number of nitrogens with zero attached hydrogens (tertiary/aromatic N) is 1. The summed E-state index contributed by atoms with van der Waals surface area (Å²) >= 11 is 0. The van der Waals surface area contributed by atoms with Gasteiger partial charge in [-0.3, -0.25) is 4.79 Å². The number of ether oxygens (including phenoxy) is 3. The van der Waals surface area contributed by atoms with Gasteiger partial charge in [0.1, 0.15) is 5.76 Å². The Morgan fingerprint density at radius 2 is 2.06 bits per heavy atom. The van der Waals surface area contributed by atoms with Crippen molar-refractivity contribution in [2.75, 3.05) is 13.6 Å². The van der Waals surface area contributed by atoms with Gasteiger partial charge in [0.05, 0.1) is 17.4 Å². The standard InChI is InChI=1S/C25H29NO10/c1-12(22(30)31)34-23(32)15(28)11-18(29)35-16-6-8-25(33)17-10-13-4-5-14(27)20-19(13)24(25,21(16)36-20)7-3-9-26(17)2/h4-6,12,15,17,21,27-28,33H,3,7-11H2,1-2H3,(H,30,31)/t12-,15-,17+,21-,24-,25+/m0/s1. The molecule has 11 heteroatoms. The number of aromatic hydroxyl groups is 1. The molecule has 5 rings (SSSR count). The minimum absolute atomic E-state index is 0.0627. The van der Waals surface area contributed by atoms with Crippen LogP contribution < -0.4 is 4.74 Å². The molecule has 0 amide bonds. The SMILES string of the molecule is C[C@H](OC(=O)[C@@H](O)CC(=O)OC1=CC[C@@]2(O)[C@H]3Cc4ccc(O)c5c4[C@@]2(CCCN3C)[C@H]1O5)C(=O)O. The molecule has 0 radical (unpaired) electrons. The number of carboxylic acid groups (broad SMARTS) is 1. The van der Waals surface area contributed by atoms with E-state index in [9.17, 15) is 29.7 Å². The zero-order chi connectivity index (χ0) is 26.0. The molecule has 4 aliphatic rings. The number of aliphatic hydroxyl groups excluding tert-OH is 1. The first-order valence-corrected chi connectivity index (χ1v) is 12.0. The summed E-state index contributed by atoms with van der Waals surface area (Å²) in [6.45, 7) is 1.88. The van der Waals surface area contributed by atoms with E-state index in [0.29, 0.717) is 12.8 Å². The first-order valence-electron chi connectivity index (χ1n) is 12.0. The lowest BCUT2D eigenvalue weighted by Gasteiger charge is -2.56. The Bertz CT molecular complexity index is 1160. The van der Waals surface area contributed by atoms with Gasteiger partial charge in [0.15, 0.2) is 29.8 Å². The lowest BCUT2D eigenvalue weighted by Crippen LogP contribution is -2.69. The van der Waals surface area contributed by atoms with E-state index >= 15 is 0 Å². The van der Waals surface area contributed by atoms with Gasteiger partial charge in [-0.1, -0.05) is 6.07 Å². The van der Waals surface area contributed by atoms with E-state index in [-0.39, 0.29) is 29.7 Å². The van der Waals surface area contributed by atoms with Gasteiger partial charge in [-0.05, 0) is 57.5 Å². The topological polar surface area (TPSA) is 163 Å². The Labute approximate surface area is 206 Å². The summed E-state index contributed by atoms with van der Waals surface area (Å²) in [7, 11) is 1.98. The summed E-state index contributed by atoms with van der Waals surface area (Å²) in [4.78, 5) is 37.6. The van der Waals surface area contributed by atoms with Gasteiger partial charge in [-0.2, -0.15) is 0 Å². The van der Waals surface area contributed by atoms with Crippen molar-refractivity contribution in [3.05, 3.63) is 35.1 Å². The average Bonchev–Trinajstić information content (AvgIpc) is 3.16. The predicted molar refractivity (Wildman–Crippen MR) is 121 cm³/mol. The predicted octanol–water partition coefficient (Wildman–Crippen LogP) is 0.370. The second-order valence-electron chi connectivity index (χ2n) is 10.1. The first kappa shape index (κ1) is 24.5. The fourth-order valence-corrected chi connectivity index (χ4v) is 6.41. The van der Waals surface area contributed by atoms with Crippen molar-refractivity contribution in [1.82, 2.24) is 4.90 Å². The Hall–Kier alpha value is -3.15. The molecule has 0 saturated carbocycles. The van der Waals surface area contributed by atoms with Crippen LogP contribution in [0.25, 0.3) is 0 Å². The van der Waals surface area contributed by atoms with Gasteiger partial charge in [0.2, 0.25) is 0 Å². The van der Waals surface area contributed by atoms with Crippen molar-refractivity contribution in [2.24, 2.45) is 0 Å². The third kappa shape index (κ3) is 3.40. The van der Waals surface area contributed by atoms with Crippen molar-refractivity contribution < 1.29 is 49.0 Å². The zero-order valence-corrected chi connectivity index (χ0v) is 20.0. The molecule has 2 aliphatic heterocycles. The summed E-state index contributed by atoms with van der Waals surface area (Å²) in [5.41, 5.74) is -0.481. The number of phenolic OH excluding ortho intramolecular Hbond substituents is 1. The first-order chi connectivity index (χ1) is 17.0. The normalized spacial score (nSPS) is 31.7. The number of hydrogen-bond acceptors (Lipinski definition) is 10. The average molecular weight is 504 g/mol. The van der Waals surface area contributed by atoms with Crippen molar-refractivity contribution in [2.45, 2.75) is 74.4 Å². The maximum Gasteiger partial charge on any atom is 0.344 e. The summed E-state index contributed by atoms with van der Waals surface area (Å²) in [6, 6.07) is 3.20. The smallest absolute Gasteiger partial charge is 0.344 e. The number of rotatable bonds is 6. The number of carbonyl (C=O) groups is 3. The van der Waals surface area contributed by atoms with E-state index in [4.69, 9.17) is 14.6 Å². The number of benzene rings is 1. The molecule has 36 heavy (non-hydrogen) atoms. The zero-order valence-electron chi connectivity index (χ0n) is 20.0. The third-order valence-corrected chi connectivity index (χ3v) is 8.08. The van der Waals surface area contributed by atoms with Crippen molar-refractivity contribution in [3.63, 3.8) is 0 Å². The molecule has 6 atom stereocenters. The molecule has 194 valence electrons. The minimum atomic E-state index is -1.92. The lowest BCUT2D eigenvalue weighted by molar-refractivity contribution is -0.171. The quantitative estimate of drug-likeness (QED) is 0.397. The van der Waals surface area contributed by atoms with E-state index < -0.39 is 53.7 Å². The molecule has 1 saturated heterocycles. The molecular weight excluding hydrogens is 474 g/mol. The van der Waals surface area contributed by atoms with Crippen LogP contribution in [0, 0.1) is 0 Å². The monoisotopic (exact) mass is 503 g/mol. The van der Waals surface area contributed by atoms with Crippen LogP contribution in [0.2, 0.25) is 0 Å². The van der Waals surface area contributed by atoms with Crippen LogP contribution in [-0.2, 0) is 35.7 Å². The molecule has 2 heterocycles. The van der Waals surface area contributed by atoms with Crippen LogP contribution in [0.3, 0.4) is 0 Å². The Morgan fingerprint density at radius 1 is 1.31 bits per heavy atom. The highest BCUT2D eigenvalue weighted by Crippen LogP contribution is 2.64.